The minimum absolute atomic E-state index is 0. The van der Waals surface area contributed by atoms with Crippen LogP contribution < -0.4 is 24.0 Å². The number of rotatable bonds is 15. The van der Waals surface area contributed by atoms with Crippen LogP contribution in [-0.2, 0) is 4.79 Å². The number of carbonyl (C=O) groups is 1. The molecule has 0 aromatic rings. The van der Waals surface area contributed by atoms with Gasteiger partial charge in [-0.3, -0.25) is 0 Å². The van der Waals surface area contributed by atoms with Crippen molar-refractivity contribution in [1.29, 1.82) is 0 Å². The Balaban J connectivity index is 0. The van der Waals surface area contributed by atoms with E-state index in [0.29, 0.717) is 0 Å². The second kappa shape index (κ2) is 19.8. The van der Waals surface area contributed by atoms with Gasteiger partial charge in [0.1, 0.15) is 0 Å². The second-order valence-electron chi connectivity index (χ2n) is 5.71. The first kappa shape index (κ1) is 23.1. The summed E-state index contributed by atoms with van der Waals surface area (Å²) in [6, 6.07) is 0. The molecule has 2 nitrogen and oxygen atoms in total. The van der Waals surface area contributed by atoms with Crippen molar-refractivity contribution in [2.75, 3.05) is 0 Å². The van der Waals surface area contributed by atoms with Crippen molar-refractivity contribution in [3.05, 3.63) is 12.2 Å². The minimum atomic E-state index is -0.914. The first-order valence-electron chi connectivity index (χ1n) is 8.62. The molecule has 0 aromatic carbocycles. The van der Waals surface area contributed by atoms with Gasteiger partial charge in [0.15, 0.2) is 0 Å². The molecule has 0 aliphatic carbocycles. The van der Waals surface area contributed by atoms with E-state index in [1.165, 1.54) is 64.2 Å². The molecule has 0 spiro atoms. The third-order valence-corrected chi connectivity index (χ3v) is 3.64. The molecule has 0 N–H and O–H groups in total. The number of hydrogen-bond acceptors (Lipinski definition) is 2. The zero-order valence-electron chi connectivity index (χ0n) is 14.4. The topological polar surface area (TPSA) is 40.1 Å². The van der Waals surface area contributed by atoms with E-state index in [9.17, 15) is 9.90 Å². The van der Waals surface area contributed by atoms with Crippen LogP contribution in [0.2, 0.25) is 0 Å². The molecule has 0 rings (SSSR count). The molecule has 0 bridgehead atoms. The predicted octanol–water partition coefficient (Wildman–Crippen LogP) is 1.78. The van der Waals surface area contributed by atoms with Crippen LogP contribution in [0.5, 0.6) is 0 Å². The normalized spacial score (nSPS) is 10.7. The maximum absolute atomic E-state index is 10.2. The van der Waals surface area contributed by atoms with Gasteiger partial charge in [-0.2, -0.15) is 0 Å². The van der Waals surface area contributed by atoms with Crippen molar-refractivity contribution < 1.29 is 28.8 Å². The minimum Gasteiger partial charge on any atom is -0.550 e. The molecule has 118 valence electrons. The summed E-state index contributed by atoms with van der Waals surface area (Å²) in [6.45, 7) is 2.26. The fraction of sp³-hybridized carbons (Fsp3) is 0.833. The number of hydrogen-bond donors (Lipinski definition) is 0. The van der Waals surface area contributed by atoms with E-state index in [-0.39, 0.29) is 25.3 Å². The van der Waals surface area contributed by atoms with E-state index in [1.807, 2.05) is 0 Å². The number of carboxylic acid groups (broad SMARTS) is 1. The standard InChI is InChI=1S/C18H34O2.Li/c1-2-3-4-5-6-7-8-9-10-11-12-13-14-15-16-17-18(19)20;/h9-10H,2-8,11-17H2,1H3,(H,19,20);/q;+1/p-1/b10-9-;. The van der Waals surface area contributed by atoms with Gasteiger partial charge in [-0.25, -0.2) is 0 Å². The van der Waals surface area contributed by atoms with Gasteiger partial charge in [-0.1, -0.05) is 70.4 Å². The monoisotopic (exact) mass is 288 g/mol. The van der Waals surface area contributed by atoms with E-state index in [2.05, 4.69) is 19.1 Å². The molecule has 21 heavy (non-hydrogen) atoms. The van der Waals surface area contributed by atoms with Crippen LogP contribution in [0.15, 0.2) is 12.2 Å². The Morgan fingerprint density at radius 1 is 0.762 bits per heavy atom. The van der Waals surface area contributed by atoms with Crippen LogP contribution in [0.1, 0.15) is 96.8 Å². The van der Waals surface area contributed by atoms with E-state index in [0.717, 1.165) is 19.3 Å². The average molecular weight is 288 g/mol. The van der Waals surface area contributed by atoms with E-state index in [4.69, 9.17) is 0 Å². The third kappa shape index (κ3) is 22.2. The molecule has 0 fully saturated rings. The molecule has 0 unspecified atom stereocenters. The summed E-state index contributed by atoms with van der Waals surface area (Å²) in [7, 11) is 0. The Morgan fingerprint density at radius 3 is 1.67 bits per heavy atom. The van der Waals surface area contributed by atoms with Crippen LogP contribution in [0, 0.1) is 0 Å². The predicted molar refractivity (Wildman–Crippen MR) is 84.5 cm³/mol. The molecular formula is C18H33LiO2. The van der Waals surface area contributed by atoms with Crippen molar-refractivity contribution in [1.82, 2.24) is 0 Å². The summed E-state index contributed by atoms with van der Waals surface area (Å²) in [5.41, 5.74) is 0. The summed E-state index contributed by atoms with van der Waals surface area (Å²) in [5, 5.41) is 10.2. The number of carbonyl (C=O) groups excluding carboxylic acids is 1. The van der Waals surface area contributed by atoms with Gasteiger partial charge in [0.2, 0.25) is 0 Å². The van der Waals surface area contributed by atoms with Gasteiger partial charge >= 0.3 is 18.9 Å². The molecule has 0 aliphatic rings. The second-order valence-corrected chi connectivity index (χ2v) is 5.71. The molecule has 0 aliphatic heterocycles. The first-order chi connectivity index (χ1) is 9.77. The summed E-state index contributed by atoms with van der Waals surface area (Å²) in [4.78, 5) is 10.2. The zero-order chi connectivity index (χ0) is 14.9. The zero-order valence-corrected chi connectivity index (χ0v) is 14.4. The first-order valence-corrected chi connectivity index (χ1v) is 8.62. The summed E-state index contributed by atoms with van der Waals surface area (Å²) in [6.07, 6.45) is 20.9. The van der Waals surface area contributed by atoms with Crippen LogP contribution in [0.3, 0.4) is 0 Å². The molecule has 0 atom stereocenters. The van der Waals surface area contributed by atoms with Gasteiger partial charge in [0, 0.05) is 5.97 Å². The summed E-state index contributed by atoms with van der Waals surface area (Å²) >= 11 is 0. The van der Waals surface area contributed by atoms with Crippen molar-refractivity contribution in [2.24, 2.45) is 0 Å². The molecular weight excluding hydrogens is 255 g/mol. The quantitative estimate of drug-likeness (QED) is 0.262. The van der Waals surface area contributed by atoms with Crippen LogP contribution in [0.25, 0.3) is 0 Å². The Kier molecular flexibility index (Phi) is 21.8. The number of unbranched alkanes of at least 4 members (excludes halogenated alkanes) is 11. The van der Waals surface area contributed by atoms with Crippen LogP contribution >= 0.6 is 0 Å². The fourth-order valence-corrected chi connectivity index (χ4v) is 2.34. The molecule has 0 heterocycles. The Bertz CT molecular complexity index is 239. The molecule has 0 saturated heterocycles. The Hall–Kier alpha value is -0.193. The van der Waals surface area contributed by atoms with Crippen LogP contribution in [-0.4, -0.2) is 5.97 Å². The number of carboxylic acids is 1. The van der Waals surface area contributed by atoms with Crippen molar-refractivity contribution in [3.63, 3.8) is 0 Å². The molecule has 3 heteroatoms. The Labute approximate surface area is 144 Å². The van der Waals surface area contributed by atoms with E-state index >= 15 is 0 Å². The van der Waals surface area contributed by atoms with E-state index < -0.39 is 5.97 Å². The van der Waals surface area contributed by atoms with Crippen molar-refractivity contribution in [2.45, 2.75) is 96.8 Å². The summed E-state index contributed by atoms with van der Waals surface area (Å²) in [5.74, 6) is -0.914. The molecule has 0 radical (unpaired) electrons. The number of allylic oxidation sites excluding steroid dienone is 2. The molecule has 0 saturated carbocycles. The molecule has 0 aromatic heterocycles. The van der Waals surface area contributed by atoms with Crippen molar-refractivity contribution in [3.8, 4) is 0 Å². The van der Waals surface area contributed by atoms with Crippen molar-refractivity contribution >= 4 is 5.97 Å². The molecule has 0 amide bonds. The maximum atomic E-state index is 10.2. The summed E-state index contributed by atoms with van der Waals surface area (Å²) < 4.78 is 0. The van der Waals surface area contributed by atoms with Gasteiger partial charge in [0.05, 0.1) is 0 Å². The number of aliphatic carboxylic acids is 1. The van der Waals surface area contributed by atoms with Gasteiger partial charge in [-0.15, -0.1) is 0 Å². The van der Waals surface area contributed by atoms with Gasteiger partial charge in [-0.05, 0) is 38.5 Å². The third-order valence-electron chi connectivity index (χ3n) is 3.64. The van der Waals surface area contributed by atoms with Crippen LogP contribution in [0.4, 0.5) is 0 Å². The van der Waals surface area contributed by atoms with Gasteiger partial charge < -0.3 is 9.90 Å². The van der Waals surface area contributed by atoms with Gasteiger partial charge in [0.25, 0.3) is 0 Å². The SMILES string of the molecule is CCCCCCCC/C=C\CCCCCCCC(=O)[O-].[Li+]. The Morgan fingerprint density at radius 2 is 1.19 bits per heavy atom. The smallest absolute Gasteiger partial charge is 0.550 e. The maximum Gasteiger partial charge on any atom is 1.00 e. The van der Waals surface area contributed by atoms with E-state index in [1.54, 1.807) is 0 Å². The average Bonchev–Trinajstić information content (AvgIpc) is 2.43. The fourth-order valence-electron chi connectivity index (χ4n) is 2.34. The largest absolute Gasteiger partial charge is 1.00 e.